The molecule has 0 spiro atoms. The van der Waals surface area contributed by atoms with Crippen molar-refractivity contribution in [1.29, 1.82) is 0 Å². The van der Waals surface area contributed by atoms with Gasteiger partial charge in [0.05, 0.1) is 19.4 Å². The third-order valence-electron chi connectivity index (χ3n) is 5.23. The third-order valence-corrected chi connectivity index (χ3v) is 5.23. The van der Waals surface area contributed by atoms with E-state index < -0.39 is 0 Å². The number of aryl methyl sites for hydroxylation is 2. The van der Waals surface area contributed by atoms with E-state index in [9.17, 15) is 0 Å². The molecule has 1 heterocycles. The number of hydrogen-bond donors (Lipinski definition) is 2. The number of methoxy groups -OCH3 is 1. The van der Waals surface area contributed by atoms with Gasteiger partial charge in [0.1, 0.15) is 0 Å². The van der Waals surface area contributed by atoms with E-state index in [1.807, 2.05) is 30.1 Å². The van der Waals surface area contributed by atoms with Gasteiger partial charge < -0.3 is 20.1 Å². The number of rotatable bonds is 9. The largest absolute Gasteiger partial charge is 0.493 e. The van der Waals surface area contributed by atoms with Crippen LogP contribution in [0.15, 0.2) is 35.6 Å². The van der Waals surface area contributed by atoms with Crippen LogP contribution in [-0.4, -0.2) is 42.5 Å². The Hall–Kier alpha value is -2.70. The van der Waals surface area contributed by atoms with Gasteiger partial charge >= 0.3 is 0 Å². The van der Waals surface area contributed by atoms with Gasteiger partial charge in [-0.1, -0.05) is 12.1 Å². The van der Waals surface area contributed by atoms with Crippen LogP contribution >= 0.6 is 0 Å². The van der Waals surface area contributed by atoms with Gasteiger partial charge in [0.25, 0.3) is 0 Å². The van der Waals surface area contributed by atoms with Crippen LogP contribution in [0.5, 0.6) is 11.5 Å². The standard InChI is InChI=1S/C22H33N5O2/c1-23-22(24-13-7-8-17-14-26-27(2)16-17)25-15-18-9-6-12-20(28-3)21(18)29-19-10-4-5-11-19/h6,9,12,14,16,19H,4-5,7-8,10-11,13,15H2,1-3H3,(H2,23,24,25). The van der Waals surface area contributed by atoms with Gasteiger partial charge in [-0.15, -0.1) is 0 Å². The average Bonchev–Trinajstić information content (AvgIpc) is 3.40. The molecule has 7 nitrogen and oxygen atoms in total. The second-order valence-corrected chi connectivity index (χ2v) is 7.45. The molecular weight excluding hydrogens is 366 g/mol. The number of aromatic nitrogens is 2. The number of aliphatic imine (C=N–C) groups is 1. The molecule has 0 bridgehead atoms. The molecule has 0 amide bonds. The van der Waals surface area contributed by atoms with Crippen molar-refractivity contribution in [3.63, 3.8) is 0 Å². The molecule has 1 aromatic carbocycles. The number of nitrogens with zero attached hydrogens (tertiary/aromatic N) is 3. The van der Waals surface area contributed by atoms with Crippen molar-refractivity contribution in [2.45, 2.75) is 51.2 Å². The molecule has 0 atom stereocenters. The van der Waals surface area contributed by atoms with Gasteiger partial charge in [-0.05, 0) is 50.2 Å². The minimum Gasteiger partial charge on any atom is -0.493 e. The molecule has 0 radical (unpaired) electrons. The van der Waals surface area contributed by atoms with E-state index >= 15 is 0 Å². The summed E-state index contributed by atoms with van der Waals surface area (Å²) < 4.78 is 13.7. The number of guanidine groups is 1. The van der Waals surface area contributed by atoms with Gasteiger partial charge in [0, 0.05) is 38.9 Å². The van der Waals surface area contributed by atoms with E-state index in [1.165, 1.54) is 18.4 Å². The zero-order chi connectivity index (χ0) is 20.5. The molecule has 2 aromatic rings. The number of ether oxygens (including phenoxy) is 2. The highest BCUT2D eigenvalue weighted by Gasteiger charge is 2.20. The molecule has 1 aliphatic rings. The van der Waals surface area contributed by atoms with Crippen LogP contribution in [0.2, 0.25) is 0 Å². The first-order chi connectivity index (χ1) is 14.2. The van der Waals surface area contributed by atoms with Crippen molar-refractivity contribution in [2.24, 2.45) is 12.0 Å². The molecule has 0 saturated heterocycles. The molecule has 7 heteroatoms. The lowest BCUT2D eigenvalue weighted by molar-refractivity contribution is 0.198. The van der Waals surface area contributed by atoms with Gasteiger partial charge in [-0.2, -0.15) is 5.10 Å². The summed E-state index contributed by atoms with van der Waals surface area (Å²) in [6.07, 6.45) is 11.0. The molecule has 0 unspecified atom stereocenters. The smallest absolute Gasteiger partial charge is 0.191 e. The Morgan fingerprint density at radius 3 is 2.79 bits per heavy atom. The van der Waals surface area contributed by atoms with E-state index in [-0.39, 0.29) is 6.10 Å². The van der Waals surface area contributed by atoms with Crippen molar-refractivity contribution in [3.8, 4) is 11.5 Å². The zero-order valence-corrected chi connectivity index (χ0v) is 17.8. The van der Waals surface area contributed by atoms with Crippen molar-refractivity contribution in [1.82, 2.24) is 20.4 Å². The van der Waals surface area contributed by atoms with E-state index in [1.54, 1.807) is 14.2 Å². The summed E-state index contributed by atoms with van der Waals surface area (Å²) in [4.78, 5) is 4.33. The normalized spacial score (nSPS) is 14.8. The SMILES string of the molecule is CN=C(NCCCc1cnn(C)c1)NCc1cccc(OC)c1OC1CCCC1. The van der Waals surface area contributed by atoms with Gasteiger partial charge in [-0.25, -0.2) is 0 Å². The molecule has 158 valence electrons. The average molecular weight is 400 g/mol. The van der Waals surface area contributed by atoms with Crippen LogP contribution in [-0.2, 0) is 20.0 Å². The Morgan fingerprint density at radius 2 is 2.10 bits per heavy atom. The lowest BCUT2D eigenvalue weighted by Crippen LogP contribution is -2.37. The van der Waals surface area contributed by atoms with E-state index in [0.29, 0.717) is 6.54 Å². The minimum atomic E-state index is 0.287. The molecule has 3 rings (SSSR count). The molecule has 0 aliphatic heterocycles. The lowest BCUT2D eigenvalue weighted by atomic mass is 10.1. The quantitative estimate of drug-likeness (QED) is 0.385. The Labute approximate surface area is 173 Å². The van der Waals surface area contributed by atoms with Crippen molar-refractivity contribution < 1.29 is 9.47 Å². The Morgan fingerprint density at radius 1 is 1.28 bits per heavy atom. The first-order valence-corrected chi connectivity index (χ1v) is 10.4. The summed E-state index contributed by atoms with van der Waals surface area (Å²) in [5.41, 5.74) is 2.33. The lowest BCUT2D eigenvalue weighted by Gasteiger charge is -2.20. The monoisotopic (exact) mass is 399 g/mol. The third kappa shape index (κ3) is 6.14. The van der Waals surface area contributed by atoms with Gasteiger partial charge in [0.15, 0.2) is 17.5 Å². The molecule has 1 saturated carbocycles. The summed E-state index contributed by atoms with van der Waals surface area (Å²) in [6.45, 7) is 1.47. The Kier molecular flexibility index (Phi) is 7.78. The fourth-order valence-electron chi connectivity index (χ4n) is 3.67. The van der Waals surface area contributed by atoms with E-state index in [2.05, 4.69) is 33.0 Å². The van der Waals surface area contributed by atoms with Crippen LogP contribution < -0.4 is 20.1 Å². The molecule has 1 fully saturated rings. The Bertz CT molecular complexity index is 796. The maximum atomic E-state index is 6.31. The molecule has 1 aliphatic carbocycles. The van der Waals surface area contributed by atoms with Crippen LogP contribution in [0.1, 0.15) is 43.2 Å². The summed E-state index contributed by atoms with van der Waals surface area (Å²) in [6, 6.07) is 6.04. The highest BCUT2D eigenvalue weighted by atomic mass is 16.5. The summed E-state index contributed by atoms with van der Waals surface area (Å²) >= 11 is 0. The predicted octanol–water partition coefficient (Wildman–Crippen LogP) is 3.05. The highest BCUT2D eigenvalue weighted by molar-refractivity contribution is 5.79. The maximum Gasteiger partial charge on any atom is 0.191 e. The van der Waals surface area contributed by atoms with Crippen LogP contribution in [0.4, 0.5) is 0 Å². The number of hydrogen-bond acceptors (Lipinski definition) is 4. The predicted molar refractivity (Wildman–Crippen MR) is 116 cm³/mol. The Balaban J connectivity index is 1.51. The minimum absolute atomic E-state index is 0.287. The first-order valence-electron chi connectivity index (χ1n) is 10.4. The molecule has 1 aromatic heterocycles. The molecule has 2 N–H and O–H groups in total. The summed E-state index contributed by atoms with van der Waals surface area (Å²) in [7, 11) is 5.42. The van der Waals surface area contributed by atoms with E-state index in [4.69, 9.17) is 9.47 Å². The van der Waals surface area contributed by atoms with Crippen molar-refractivity contribution in [2.75, 3.05) is 20.7 Å². The number of para-hydroxylation sites is 1. The van der Waals surface area contributed by atoms with E-state index in [0.717, 1.165) is 55.3 Å². The van der Waals surface area contributed by atoms with Crippen molar-refractivity contribution >= 4 is 5.96 Å². The van der Waals surface area contributed by atoms with Crippen LogP contribution in [0.25, 0.3) is 0 Å². The highest BCUT2D eigenvalue weighted by Crippen LogP contribution is 2.34. The first kappa shape index (κ1) is 21.0. The summed E-state index contributed by atoms with van der Waals surface area (Å²) in [5.74, 6) is 2.42. The zero-order valence-electron chi connectivity index (χ0n) is 17.8. The number of benzene rings is 1. The van der Waals surface area contributed by atoms with Crippen molar-refractivity contribution in [3.05, 3.63) is 41.7 Å². The topological polar surface area (TPSA) is 72.7 Å². The van der Waals surface area contributed by atoms with Crippen LogP contribution in [0, 0.1) is 0 Å². The number of nitrogens with one attached hydrogen (secondary N) is 2. The second-order valence-electron chi connectivity index (χ2n) is 7.45. The second kappa shape index (κ2) is 10.7. The fraction of sp³-hybridized carbons (Fsp3) is 0.545. The molecule has 29 heavy (non-hydrogen) atoms. The molecular formula is C22H33N5O2. The van der Waals surface area contributed by atoms with Gasteiger partial charge in [-0.3, -0.25) is 9.67 Å². The van der Waals surface area contributed by atoms with Crippen LogP contribution in [0.3, 0.4) is 0 Å². The van der Waals surface area contributed by atoms with Gasteiger partial charge in [0.2, 0.25) is 0 Å². The maximum absolute atomic E-state index is 6.31. The fourth-order valence-corrected chi connectivity index (χ4v) is 3.67. The summed E-state index contributed by atoms with van der Waals surface area (Å²) in [5, 5.41) is 11.0.